The third-order valence-corrected chi connectivity index (χ3v) is 2.75. The molecule has 0 saturated heterocycles. The van der Waals surface area contributed by atoms with Gasteiger partial charge in [0.15, 0.2) is 0 Å². The number of hydrogen-bond donors (Lipinski definition) is 3. The van der Waals surface area contributed by atoms with E-state index in [0.717, 1.165) is 30.2 Å². The number of hydrazine groups is 1. The van der Waals surface area contributed by atoms with Crippen LogP contribution in [0, 0.1) is 6.92 Å². The Morgan fingerprint density at radius 3 is 2.74 bits per heavy atom. The van der Waals surface area contributed by atoms with Gasteiger partial charge in [-0.05, 0) is 6.92 Å². The lowest BCUT2D eigenvalue weighted by atomic mass is 10.3. The molecule has 2 aromatic heterocycles. The summed E-state index contributed by atoms with van der Waals surface area (Å²) in [5.41, 5.74) is 3.50. The first-order chi connectivity index (χ1) is 9.24. The highest BCUT2D eigenvalue weighted by Gasteiger charge is 2.08. The zero-order chi connectivity index (χ0) is 13.7. The predicted octanol–water partition coefficient (Wildman–Crippen LogP) is 0.337. The average molecular weight is 262 g/mol. The number of nitrogen functional groups attached to an aromatic ring is 1. The Labute approximate surface area is 111 Å². The maximum absolute atomic E-state index is 5.46. The predicted molar refractivity (Wildman–Crippen MR) is 72.5 cm³/mol. The number of nitrogens with two attached hydrogens (primary N) is 1. The number of anilines is 2. The Morgan fingerprint density at radius 1 is 1.32 bits per heavy atom. The Bertz CT molecular complexity index is 522. The highest BCUT2D eigenvalue weighted by Crippen LogP contribution is 2.19. The fourth-order valence-electron chi connectivity index (χ4n) is 1.67. The van der Waals surface area contributed by atoms with Crippen LogP contribution in [-0.4, -0.2) is 31.5 Å². The first kappa shape index (κ1) is 13.2. The largest absolute Gasteiger partial charge is 0.368 e. The van der Waals surface area contributed by atoms with Gasteiger partial charge in [0.05, 0.1) is 12.7 Å². The maximum atomic E-state index is 5.46. The van der Waals surface area contributed by atoms with Crippen molar-refractivity contribution in [2.45, 2.75) is 26.8 Å². The molecule has 0 atom stereocenters. The minimum Gasteiger partial charge on any atom is -0.368 e. The molecule has 4 N–H and O–H groups in total. The second-order valence-electron chi connectivity index (χ2n) is 4.05. The van der Waals surface area contributed by atoms with Gasteiger partial charge in [-0.1, -0.05) is 12.1 Å². The summed E-state index contributed by atoms with van der Waals surface area (Å²) in [5, 5.41) is 10.9. The van der Waals surface area contributed by atoms with Crippen LogP contribution in [0.25, 0.3) is 0 Å². The van der Waals surface area contributed by atoms with Crippen molar-refractivity contribution in [3.05, 3.63) is 23.8 Å². The molecule has 0 aliphatic rings. The molecular weight excluding hydrogens is 244 g/mol. The van der Waals surface area contributed by atoms with Gasteiger partial charge in [-0.25, -0.2) is 15.8 Å². The molecule has 0 aromatic carbocycles. The minimum absolute atomic E-state index is 0.648. The zero-order valence-corrected chi connectivity index (χ0v) is 11.1. The molecule has 0 spiro atoms. The van der Waals surface area contributed by atoms with Gasteiger partial charge in [-0.2, -0.15) is 0 Å². The fourth-order valence-corrected chi connectivity index (χ4v) is 1.67. The van der Waals surface area contributed by atoms with Crippen molar-refractivity contribution in [3.8, 4) is 0 Å². The van der Waals surface area contributed by atoms with Crippen LogP contribution in [0.15, 0.2) is 12.4 Å². The molecule has 0 aliphatic carbocycles. The van der Waals surface area contributed by atoms with Crippen LogP contribution in [0.5, 0.6) is 0 Å². The highest BCUT2D eigenvalue weighted by atomic mass is 15.4. The van der Waals surface area contributed by atoms with Gasteiger partial charge in [-0.15, -0.1) is 5.10 Å². The van der Waals surface area contributed by atoms with Gasteiger partial charge in [0.1, 0.15) is 17.5 Å². The number of aromatic nitrogens is 5. The van der Waals surface area contributed by atoms with Gasteiger partial charge >= 0.3 is 0 Å². The third-order valence-electron chi connectivity index (χ3n) is 2.75. The van der Waals surface area contributed by atoms with Crippen LogP contribution in [0.1, 0.15) is 18.3 Å². The molecule has 8 nitrogen and oxygen atoms in total. The summed E-state index contributed by atoms with van der Waals surface area (Å²) < 4.78 is 1.76. The van der Waals surface area contributed by atoms with Crippen LogP contribution in [0.4, 0.5) is 11.6 Å². The lowest BCUT2D eigenvalue weighted by Gasteiger charge is -2.13. The van der Waals surface area contributed by atoms with Gasteiger partial charge in [0.2, 0.25) is 0 Å². The number of rotatable bonds is 6. The number of hydrogen-bond acceptors (Lipinski definition) is 7. The van der Waals surface area contributed by atoms with Crippen LogP contribution < -0.4 is 16.6 Å². The summed E-state index contributed by atoms with van der Waals surface area (Å²) in [7, 11) is 0. The molecule has 2 rings (SSSR count). The molecule has 19 heavy (non-hydrogen) atoms. The topological polar surface area (TPSA) is 107 Å². The van der Waals surface area contributed by atoms with Gasteiger partial charge < -0.3 is 10.7 Å². The summed E-state index contributed by atoms with van der Waals surface area (Å²) in [6.07, 6.45) is 4.23. The van der Waals surface area contributed by atoms with Gasteiger partial charge in [-0.3, -0.25) is 4.68 Å². The van der Waals surface area contributed by atoms with E-state index in [1.165, 1.54) is 0 Å². The Kier molecular flexibility index (Phi) is 4.24. The van der Waals surface area contributed by atoms with Crippen molar-refractivity contribution in [2.75, 3.05) is 17.3 Å². The van der Waals surface area contributed by atoms with E-state index in [4.69, 9.17) is 5.84 Å². The standard InChI is InChI=1S/C11H18N8/c1-3-9-15-10(8(2)11(16-9)17-12)13-4-6-19-7-5-14-18-19/h5,7H,3-4,6,12H2,1-2H3,(H2,13,15,16,17). The lowest BCUT2D eigenvalue weighted by molar-refractivity contribution is 0.608. The van der Waals surface area contributed by atoms with Crippen molar-refractivity contribution in [1.82, 2.24) is 25.0 Å². The molecule has 0 fully saturated rings. The second kappa shape index (κ2) is 6.10. The van der Waals surface area contributed by atoms with Crippen LogP contribution >= 0.6 is 0 Å². The quantitative estimate of drug-likeness (QED) is 0.509. The summed E-state index contributed by atoms with van der Waals surface area (Å²) >= 11 is 0. The van der Waals surface area contributed by atoms with Crippen LogP contribution in [-0.2, 0) is 13.0 Å². The Hall–Kier alpha value is -2.22. The molecule has 0 aliphatic heterocycles. The van der Waals surface area contributed by atoms with Gasteiger partial charge in [0, 0.05) is 24.7 Å². The van der Waals surface area contributed by atoms with E-state index < -0.39 is 0 Å². The molecule has 2 aromatic rings. The van der Waals surface area contributed by atoms with Crippen molar-refractivity contribution in [1.29, 1.82) is 0 Å². The normalized spacial score (nSPS) is 10.5. The molecule has 2 heterocycles. The monoisotopic (exact) mass is 262 g/mol. The van der Waals surface area contributed by atoms with Crippen molar-refractivity contribution in [3.63, 3.8) is 0 Å². The van der Waals surface area contributed by atoms with E-state index >= 15 is 0 Å². The van der Waals surface area contributed by atoms with E-state index in [-0.39, 0.29) is 0 Å². The SMILES string of the molecule is CCc1nc(NN)c(C)c(NCCn2ccnn2)n1. The highest BCUT2D eigenvalue weighted by molar-refractivity contribution is 5.56. The van der Waals surface area contributed by atoms with E-state index in [0.29, 0.717) is 12.4 Å². The second-order valence-corrected chi connectivity index (χ2v) is 4.05. The average Bonchev–Trinajstić information content (AvgIpc) is 2.94. The molecular formula is C11H18N8. The molecule has 0 radical (unpaired) electrons. The van der Waals surface area contributed by atoms with Crippen molar-refractivity contribution in [2.24, 2.45) is 5.84 Å². The fraction of sp³-hybridized carbons (Fsp3) is 0.455. The molecule has 102 valence electrons. The summed E-state index contributed by atoms with van der Waals surface area (Å²) in [5.74, 6) is 7.65. The van der Waals surface area contributed by atoms with E-state index in [1.54, 1.807) is 10.9 Å². The lowest BCUT2D eigenvalue weighted by Crippen LogP contribution is -2.17. The molecule has 0 bridgehead atoms. The maximum Gasteiger partial charge on any atom is 0.148 e. The Balaban J connectivity index is 2.06. The minimum atomic E-state index is 0.648. The zero-order valence-electron chi connectivity index (χ0n) is 11.1. The summed E-state index contributed by atoms with van der Waals surface area (Å²) in [6, 6.07) is 0. The number of nitrogens with one attached hydrogen (secondary N) is 2. The van der Waals surface area contributed by atoms with Crippen LogP contribution in [0.2, 0.25) is 0 Å². The van der Waals surface area contributed by atoms with Crippen LogP contribution in [0.3, 0.4) is 0 Å². The van der Waals surface area contributed by atoms with E-state index in [2.05, 4.69) is 31.0 Å². The molecule has 0 saturated carbocycles. The van der Waals surface area contributed by atoms with Crippen molar-refractivity contribution >= 4 is 11.6 Å². The molecule has 8 heteroatoms. The number of aryl methyl sites for hydroxylation is 1. The number of nitrogens with zero attached hydrogens (tertiary/aromatic N) is 5. The van der Waals surface area contributed by atoms with Crippen molar-refractivity contribution < 1.29 is 0 Å². The smallest absolute Gasteiger partial charge is 0.148 e. The summed E-state index contributed by atoms with van der Waals surface area (Å²) in [4.78, 5) is 8.77. The first-order valence-corrected chi connectivity index (χ1v) is 6.16. The molecule has 0 unspecified atom stereocenters. The third kappa shape index (κ3) is 3.16. The Morgan fingerprint density at radius 2 is 2.11 bits per heavy atom. The molecule has 0 amide bonds. The van der Waals surface area contributed by atoms with E-state index in [1.807, 2.05) is 20.0 Å². The van der Waals surface area contributed by atoms with E-state index in [9.17, 15) is 0 Å². The summed E-state index contributed by atoms with van der Waals surface area (Å²) in [6.45, 7) is 5.35. The first-order valence-electron chi connectivity index (χ1n) is 6.16. The van der Waals surface area contributed by atoms with Gasteiger partial charge in [0.25, 0.3) is 0 Å².